The Hall–Kier alpha value is -3.26. The highest BCUT2D eigenvalue weighted by Gasteiger charge is 2.33. The summed E-state index contributed by atoms with van der Waals surface area (Å²) in [6.45, 7) is 0.130. The maximum atomic E-state index is 13.2. The van der Waals surface area contributed by atoms with Crippen LogP contribution in [0, 0.1) is 0 Å². The molecule has 33 heavy (non-hydrogen) atoms. The number of benzene rings is 3. The molecule has 8 heteroatoms. The van der Waals surface area contributed by atoms with Gasteiger partial charge in [-0.2, -0.15) is 0 Å². The molecule has 0 aliphatic carbocycles. The first kappa shape index (κ1) is 22.9. The van der Waals surface area contributed by atoms with Gasteiger partial charge in [0.15, 0.2) is 0 Å². The predicted molar refractivity (Wildman–Crippen MR) is 119 cm³/mol. The van der Waals surface area contributed by atoms with E-state index in [4.69, 9.17) is 0 Å². The first-order valence-electron chi connectivity index (χ1n) is 10.6. The Morgan fingerprint density at radius 2 is 1.64 bits per heavy atom. The minimum atomic E-state index is -4.76. The van der Waals surface area contributed by atoms with Gasteiger partial charge in [0.1, 0.15) is 12.4 Å². The van der Waals surface area contributed by atoms with Crippen molar-refractivity contribution in [1.82, 2.24) is 0 Å². The van der Waals surface area contributed by atoms with Crippen LogP contribution in [0.2, 0.25) is 0 Å². The molecule has 3 aromatic carbocycles. The maximum Gasteiger partial charge on any atom is 0.573 e. The molecule has 1 aliphatic heterocycles. The van der Waals surface area contributed by atoms with E-state index in [-0.39, 0.29) is 18.3 Å². The fourth-order valence-corrected chi connectivity index (χ4v) is 4.22. The van der Waals surface area contributed by atoms with Crippen molar-refractivity contribution in [1.29, 1.82) is 0 Å². The Morgan fingerprint density at radius 1 is 0.939 bits per heavy atom. The monoisotopic (exact) mass is 460 g/mol. The average molecular weight is 460 g/mol. The summed E-state index contributed by atoms with van der Waals surface area (Å²) in [5.41, 5.74) is 3.35. The zero-order chi connectivity index (χ0) is 23.4. The first-order valence-corrected chi connectivity index (χ1v) is 10.6. The number of aliphatic hydroxyl groups is 1. The van der Waals surface area contributed by atoms with E-state index in [1.165, 1.54) is 18.2 Å². The molecule has 0 amide bonds. The molecule has 1 N–H and O–H groups in total. The average Bonchev–Trinajstić information content (AvgIpc) is 2.80. The van der Waals surface area contributed by atoms with Gasteiger partial charge in [-0.15, -0.1) is 13.2 Å². The van der Waals surface area contributed by atoms with Crippen LogP contribution in [0.4, 0.5) is 28.9 Å². The number of halogens is 4. The lowest BCUT2D eigenvalue weighted by molar-refractivity contribution is -0.274. The molecule has 0 saturated carbocycles. The SMILES string of the molecule is OC(CF)CN1c2ccccc2N(Cc2cccc(OC(F)(F)F)c2)C[C@H]1c1ccccc1. The van der Waals surface area contributed by atoms with E-state index in [0.717, 1.165) is 16.9 Å². The number of aliphatic hydroxyl groups excluding tert-OH is 1. The van der Waals surface area contributed by atoms with E-state index >= 15 is 0 Å². The standard InChI is InChI=1S/C25H24F4N2O2/c26-14-20(32)16-31-23-12-5-4-11-22(23)30(17-24(31)19-8-2-1-3-9-19)15-18-7-6-10-21(13-18)33-25(27,28)29/h1-13,20,24,32H,14-17H2/t20?,24-/m0/s1. The van der Waals surface area contributed by atoms with Gasteiger partial charge in [-0.3, -0.25) is 0 Å². The minimum absolute atomic E-state index is 0.121. The number of hydrogen-bond acceptors (Lipinski definition) is 4. The molecule has 2 atom stereocenters. The Bertz CT molecular complexity index is 1060. The van der Waals surface area contributed by atoms with Crippen molar-refractivity contribution >= 4 is 11.4 Å². The Morgan fingerprint density at radius 3 is 2.33 bits per heavy atom. The highest BCUT2D eigenvalue weighted by atomic mass is 19.4. The van der Waals surface area contributed by atoms with Gasteiger partial charge in [0.25, 0.3) is 0 Å². The highest BCUT2D eigenvalue weighted by molar-refractivity contribution is 5.74. The molecule has 1 unspecified atom stereocenters. The molecule has 0 bridgehead atoms. The Kier molecular flexibility index (Phi) is 6.74. The number of β-amino-alcohol motifs (C(OH)–C–C–N with tert-alkyl or cyclic N) is 1. The number of ether oxygens (including phenoxy) is 1. The molecule has 0 radical (unpaired) electrons. The van der Waals surface area contributed by atoms with Crippen LogP contribution in [0.25, 0.3) is 0 Å². The number of rotatable bonds is 7. The second kappa shape index (κ2) is 9.70. The van der Waals surface area contributed by atoms with Gasteiger partial charge in [0.2, 0.25) is 0 Å². The second-order valence-electron chi connectivity index (χ2n) is 7.95. The summed E-state index contributed by atoms with van der Waals surface area (Å²) in [4.78, 5) is 4.08. The number of fused-ring (bicyclic) bond motifs is 1. The van der Waals surface area contributed by atoms with E-state index in [1.54, 1.807) is 6.07 Å². The number of alkyl halides is 4. The summed E-state index contributed by atoms with van der Waals surface area (Å²) in [6, 6.07) is 23.0. The molecule has 0 fully saturated rings. The Labute approximate surface area is 189 Å². The van der Waals surface area contributed by atoms with E-state index in [0.29, 0.717) is 18.7 Å². The third-order valence-electron chi connectivity index (χ3n) is 5.58. The maximum absolute atomic E-state index is 13.2. The van der Waals surface area contributed by atoms with Gasteiger partial charge >= 0.3 is 6.36 Å². The van der Waals surface area contributed by atoms with Crippen LogP contribution < -0.4 is 14.5 Å². The van der Waals surface area contributed by atoms with Gasteiger partial charge < -0.3 is 19.6 Å². The zero-order valence-corrected chi connectivity index (χ0v) is 17.8. The zero-order valence-electron chi connectivity index (χ0n) is 17.8. The van der Waals surface area contributed by atoms with Crippen molar-refractivity contribution in [2.24, 2.45) is 0 Å². The van der Waals surface area contributed by atoms with Crippen LogP contribution in [-0.2, 0) is 6.54 Å². The molecular weight excluding hydrogens is 436 g/mol. The molecule has 0 saturated heterocycles. The molecule has 4 nitrogen and oxygen atoms in total. The topological polar surface area (TPSA) is 35.9 Å². The van der Waals surface area contributed by atoms with Crippen LogP contribution in [-0.4, -0.2) is 37.3 Å². The molecule has 174 valence electrons. The summed E-state index contributed by atoms with van der Waals surface area (Å²) < 4.78 is 55.2. The lowest BCUT2D eigenvalue weighted by Gasteiger charge is -2.45. The van der Waals surface area contributed by atoms with Crippen LogP contribution in [0.3, 0.4) is 0 Å². The van der Waals surface area contributed by atoms with Crippen molar-refractivity contribution < 1.29 is 27.4 Å². The van der Waals surface area contributed by atoms with E-state index < -0.39 is 19.1 Å². The minimum Gasteiger partial charge on any atom is -0.406 e. The van der Waals surface area contributed by atoms with Gasteiger partial charge in [-0.1, -0.05) is 54.6 Å². The van der Waals surface area contributed by atoms with Gasteiger partial charge in [-0.25, -0.2) is 4.39 Å². The van der Waals surface area contributed by atoms with Crippen molar-refractivity contribution in [2.75, 3.05) is 29.6 Å². The summed E-state index contributed by atoms with van der Waals surface area (Å²) in [6.07, 6.45) is -5.89. The quantitative estimate of drug-likeness (QED) is 0.474. The number of anilines is 2. The largest absolute Gasteiger partial charge is 0.573 e. The normalized spacial score (nSPS) is 16.9. The van der Waals surface area contributed by atoms with Gasteiger partial charge in [0, 0.05) is 19.6 Å². The van der Waals surface area contributed by atoms with Crippen LogP contribution in [0.15, 0.2) is 78.9 Å². The highest BCUT2D eigenvalue weighted by Crippen LogP contribution is 2.41. The molecule has 0 aromatic heterocycles. The van der Waals surface area contributed by atoms with E-state index in [9.17, 15) is 22.7 Å². The first-order chi connectivity index (χ1) is 15.8. The summed E-state index contributed by atoms with van der Waals surface area (Å²) in [5.74, 6) is -0.266. The molecular formula is C25H24F4N2O2. The Balaban J connectivity index is 1.69. The third kappa shape index (κ3) is 5.57. The number of nitrogens with zero attached hydrogens (tertiary/aromatic N) is 2. The molecule has 4 rings (SSSR count). The van der Waals surface area contributed by atoms with Crippen molar-refractivity contribution in [3.05, 3.63) is 90.0 Å². The number of para-hydroxylation sites is 2. The molecule has 3 aromatic rings. The molecule has 1 heterocycles. The van der Waals surface area contributed by atoms with Crippen LogP contribution in [0.1, 0.15) is 17.2 Å². The fraction of sp³-hybridized carbons (Fsp3) is 0.280. The number of hydrogen-bond donors (Lipinski definition) is 1. The fourth-order valence-electron chi connectivity index (χ4n) is 4.22. The lowest BCUT2D eigenvalue weighted by Crippen LogP contribution is -2.46. The van der Waals surface area contributed by atoms with Crippen LogP contribution in [0.5, 0.6) is 5.75 Å². The van der Waals surface area contributed by atoms with Crippen LogP contribution >= 0.6 is 0 Å². The predicted octanol–water partition coefficient (Wildman–Crippen LogP) is 5.48. The van der Waals surface area contributed by atoms with E-state index in [2.05, 4.69) is 9.64 Å². The molecule has 1 aliphatic rings. The summed E-state index contributed by atoms with van der Waals surface area (Å²) >= 11 is 0. The lowest BCUT2D eigenvalue weighted by atomic mass is 9.98. The smallest absolute Gasteiger partial charge is 0.406 e. The van der Waals surface area contributed by atoms with Gasteiger partial charge in [-0.05, 0) is 35.4 Å². The summed E-state index contributed by atoms with van der Waals surface area (Å²) in [7, 11) is 0. The van der Waals surface area contributed by atoms with Crippen molar-refractivity contribution in [3.8, 4) is 5.75 Å². The second-order valence-corrected chi connectivity index (χ2v) is 7.95. The van der Waals surface area contributed by atoms with Crippen molar-refractivity contribution in [3.63, 3.8) is 0 Å². The molecule has 0 spiro atoms. The van der Waals surface area contributed by atoms with Crippen molar-refractivity contribution in [2.45, 2.75) is 25.1 Å². The summed E-state index contributed by atoms with van der Waals surface area (Å²) in [5, 5.41) is 10.1. The third-order valence-corrected chi connectivity index (χ3v) is 5.58. The van der Waals surface area contributed by atoms with E-state index in [1.807, 2.05) is 59.5 Å². The van der Waals surface area contributed by atoms with Gasteiger partial charge in [0.05, 0.1) is 23.5 Å².